The molecule has 4 heteroatoms. The fourth-order valence-corrected chi connectivity index (χ4v) is 2.53. The highest BCUT2D eigenvalue weighted by Crippen LogP contribution is 2.24. The largest absolute Gasteiger partial charge is 0.374 e. The first kappa shape index (κ1) is 14.2. The Bertz CT molecular complexity index is 360. The molecule has 0 aliphatic carbocycles. The van der Waals surface area contributed by atoms with Crippen molar-refractivity contribution < 1.29 is 9.53 Å². The van der Waals surface area contributed by atoms with E-state index in [1.54, 1.807) is 18.4 Å². The molecular formula is C13H21NO2S. The van der Waals surface area contributed by atoms with Gasteiger partial charge >= 0.3 is 0 Å². The number of aryl methyl sites for hydroxylation is 1. The molecule has 1 aromatic heterocycles. The SMILES string of the molecule is COC(CNC(=O)CC(C)C)c1ccc(C)s1. The van der Waals surface area contributed by atoms with Crippen LogP contribution in [0.25, 0.3) is 0 Å². The fraction of sp³-hybridized carbons (Fsp3) is 0.615. The fourth-order valence-electron chi connectivity index (χ4n) is 1.58. The highest BCUT2D eigenvalue weighted by molar-refractivity contribution is 7.12. The summed E-state index contributed by atoms with van der Waals surface area (Å²) in [5.74, 6) is 0.482. The van der Waals surface area contributed by atoms with Gasteiger partial charge in [0.2, 0.25) is 5.91 Å². The van der Waals surface area contributed by atoms with Gasteiger partial charge in [-0.15, -0.1) is 11.3 Å². The molecule has 1 atom stereocenters. The summed E-state index contributed by atoms with van der Waals surface area (Å²) in [6, 6.07) is 4.13. The first-order valence-electron chi connectivity index (χ1n) is 5.88. The molecule has 17 heavy (non-hydrogen) atoms. The molecule has 0 aliphatic rings. The first-order chi connectivity index (χ1) is 8.02. The maximum absolute atomic E-state index is 11.5. The molecule has 0 aliphatic heterocycles. The van der Waals surface area contributed by atoms with E-state index < -0.39 is 0 Å². The van der Waals surface area contributed by atoms with Crippen LogP contribution >= 0.6 is 11.3 Å². The van der Waals surface area contributed by atoms with E-state index in [1.165, 1.54) is 4.88 Å². The van der Waals surface area contributed by atoms with Gasteiger partial charge < -0.3 is 10.1 Å². The van der Waals surface area contributed by atoms with Gasteiger partial charge in [-0.25, -0.2) is 0 Å². The van der Waals surface area contributed by atoms with Gasteiger partial charge in [0.15, 0.2) is 0 Å². The molecule has 0 saturated carbocycles. The molecule has 3 nitrogen and oxygen atoms in total. The second-order valence-corrected chi connectivity index (χ2v) is 5.89. The van der Waals surface area contributed by atoms with E-state index in [-0.39, 0.29) is 12.0 Å². The zero-order valence-electron chi connectivity index (χ0n) is 10.9. The maximum Gasteiger partial charge on any atom is 0.220 e. The lowest BCUT2D eigenvalue weighted by atomic mass is 10.1. The molecule has 1 amide bonds. The predicted molar refractivity (Wildman–Crippen MR) is 71.3 cm³/mol. The van der Waals surface area contributed by atoms with Gasteiger partial charge in [-0.1, -0.05) is 13.8 Å². The van der Waals surface area contributed by atoms with Crippen LogP contribution in [0.1, 0.15) is 36.1 Å². The van der Waals surface area contributed by atoms with E-state index in [0.29, 0.717) is 18.9 Å². The van der Waals surface area contributed by atoms with Gasteiger partial charge in [0.1, 0.15) is 6.10 Å². The molecule has 1 N–H and O–H groups in total. The Morgan fingerprint density at radius 1 is 1.47 bits per heavy atom. The summed E-state index contributed by atoms with van der Waals surface area (Å²) in [7, 11) is 1.67. The average Bonchev–Trinajstić information content (AvgIpc) is 2.65. The minimum Gasteiger partial charge on any atom is -0.374 e. The highest BCUT2D eigenvalue weighted by Gasteiger charge is 2.14. The van der Waals surface area contributed by atoms with E-state index in [1.807, 2.05) is 13.8 Å². The minimum atomic E-state index is -0.0372. The van der Waals surface area contributed by atoms with Crippen molar-refractivity contribution in [1.82, 2.24) is 5.32 Å². The van der Waals surface area contributed by atoms with E-state index >= 15 is 0 Å². The predicted octanol–water partition coefficient (Wildman–Crippen LogP) is 2.91. The van der Waals surface area contributed by atoms with Crippen LogP contribution in [0.2, 0.25) is 0 Å². The number of thiophene rings is 1. The average molecular weight is 255 g/mol. The number of amides is 1. The van der Waals surface area contributed by atoms with Crippen molar-refractivity contribution in [2.24, 2.45) is 5.92 Å². The first-order valence-corrected chi connectivity index (χ1v) is 6.70. The van der Waals surface area contributed by atoms with Crippen LogP contribution in [-0.2, 0) is 9.53 Å². The van der Waals surface area contributed by atoms with Crippen molar-refractivity contribution in [1.29, 1.82) is 0 Å². The van der Waals surface area contributed by atoms with Crippen molar-refractivity contribution in [3.8, 4) is 0 Å². The molecule has 0 spiro atoms. The Morgan fingerprint density at radius 3 is 2.65 bits per heavy atom. The second-order valence-electron chi connectivity index (χ2n) is 4.57. The standard InChI is InChI=1S/C13H21NO2S/c1-9(2)7-13(15)14-8-11(16-4)12-6-5-10(3)17-12/h5-6,9,11H,7-8H2,1-4H3,(H,14,15). The summed E-state index contributed by atoms with van der Waals surface area (Å²) in [5.41, 5.74) is 0. The lowest BCUT2D eigenvalue weighted by molar-refractivity contribution is -0.122. The molecule has 0 bridgehead atoms. The van der Waals surface area contributed by atoms with Gasteiger partial charge in [0.25, 0.3) is 0 Å². The van der Waals surface area contributed by atoms with Crippen LogP contribution in [0.15, 0.2) is 12.1 Å². The highest BCUT2D eigenvalue weighted by atomic mass is 32.1. The van der Waals surface area contributed by atoms with Gasteiger partial charge in [0.05, 0.1) is 0 Å². The maximum atomic E-state index is 11.5. The Hall–Kier alpha value is -0.870. The van der Waals surface area contributed by atoms with E-state index in [9.17, 15) is 4.79 Å². The van der Waals surface area contributed by atoms with Crippen LogP contribution in [0, 0.1) is 12.8 Å². The van der Waals surface area contributed by atoms with E-state index in [0.717, 1.165) is 4.88 Å². The monoisotopic (exact) mass is 255 g/mol. The van der Waals surface area contributed by atoms with Gasteiger partial charge in [-0.2, -0.15) is 0 Å². The van der Waals surface area contributed by atoms with Crippen molar-refractivity contribution in [2.75, 3.05) is 13.7 Å². The minimum absolute atomic E-state index is 0.0372. The third kappa shape index (κ3) is 4.88. The number of carbonyl (C=O) groups excluding carboxylic acids is 1. The quantitative estimate of drug-likeness (QED) is 0.849. The second kappa shape index (κ2) is 6.77. The third-order valence-electron chi connectivity index (χ3n) is 2.44. The number of rotatable bonds is 6. The van der Waals surface area contributed by atoms with E-state index in [2.05, 4.69) is 24.4 Å². The summed E-state index contributed by atoms with van der Waals surface area (Å²) >= 11 is 1.71. The third-order valence-corrected chi connectivity index (χ3v) is 3.53. The van der Waals surface area contributed by atoms with Crippen LogP contribution in [-0.4, -0.2) is 19.6 Å². The molecule has 1 rings (SSSR count). The van der Waals surface area contributed by atoms with Crippen molar-refractivity contribution >= 4 is 17.2 Å². The normalized spacial score (nSPS) is 12.8. The number of ether oxygens (including phenoxy) is 1. The van der Waals surface area contributed by atoms with Crippen LogP contribution in [0.4, 0.5) is 0 Å². The summed E-state index contributed by atoms with van der Waals surface area (Å²) in [6.07, 6.45) is 0.532. The lowest BCUT2D eigenvalue weighted by Gasteiger charge is -2.15. The lowest BCUT2D eigenvalue weighted by Crippen LogP contribution is -2.29. The Balaban J connectivity index is 2.45. The summed E-state index contributed by atoms with van der Waals surface area (Å²) in [6.45, 7) is 6.69. The summed E-state index contributed by atoms with van der Waals surface area (Å²) in [4.78, 5) is 14.0. The number of carbonyl (C=O) groups is 1. The molecule has 0 fully saturated rings. The Kier molecular flexibility index (Phi) is 5.65. The van der Waals surface area contributed by atoms with Crippen molar-refractivity contribution in [2.45, 2.75) is 33.3 Å². The van der Waals surface area contributed by atoms with Gasteiger partial charge in [-0.05, 0) is 25.0 Å². The number of methoxy groups -OCH3 is 1. The number of hydrogen-bond acceptors (Lipinski definition) is 3. The molecule has 0 radical (unpaired) electrons. The van der Waals surface area contributed by atoms with Crippen molar-refractivity contribution in [3.63, 3.8) is 0 Å². The molecule has 1 aromatic rings. The molecule has 1 heterocycles. The van der Waals surface area contributed by atoms with Crippen LogP contribution in [0.5, 0.6) is 0 Å². The molecule has 1 unspecified atom stereocenters. The smallest absolute Gasteiger partial charge is 0.220 e. The number of nitrogens with one attached hydrogen (secondary N) is 1. The molecule has 96 valence electrons. The topological polar surface area (TPSA) is 38.3 Å². The Labute approximate surface area is 107 Å². The number of hydrogen-bond donors (Lipinski definition) is 1. The Morgan fingerprint density at radius 2 is 2.18 bits per heavy atom. The van der Waals surface area contributed by atoms with Gasteiger partial charge in [0, 0.05) is 29.8 Å². The van der Waals surface area contributed by atoms with Crippen LogP contribution in [0.3, 0.4) is 0 Å². The van der Waals surface area contributed by atoms with Gasteiger partial charge in [-0.3, -0.25) is 4.79 Å². The summed E-state index contributed by atoms with van der Waals surface area (Å²) in [5, 5.41) is 2.92. The van der Waals surface area contributed by atoms with Crippen molar-refractivity contribution in [3.05, 3.63) is 21.9 Å². The zero-order valence-corrected chi connectivity index (χ0v) is 11.8. The van der Waals surface area contributed by atoms with E-state index in [4.69, 9.17) is 4.74 Å². The zero-order chi connectivity index (χ0) is 12.8. The summed E-state index contributed by atoms with van der Waals surface area (Å²) < 4.78 is 5.40. The molecule has 0 saturated heterocycles. The molecular weight excluding hydrogens is 234 g/mol. The van der Waals surface area contributed by atoms with Crippen LogP contribution < -0.4 is 5.32 Å². The molecule has 0 aromatic carbocycles.